The number of aromatic nitrogens is 1. The summed E-state index contributed by atoms with van der Waals surface area (Å²) in [6.07, 6.45) is 5.33. The molecule has 0 bridgehead atoms. The van der Waals surface area contributed by atoms with E-state index < -0.39 is 59.0 Å². The van der Waals surface area contributed by atoms with Gasteiger partial charge < -0.3 is 35.6 Å². The van der Waals surface area contributed by atoms with Gasteiger partial charge in [0, 0.05) is 19.7 Å². The largest absolute Gasteiger partial charge is 0.457 e. The first-order valence-electron chi connectivity index (χ1n) is 15.0. The van der Waals surface area contributed by atoms with E-state index in [4.69, 9.17) is 15.2 Å². The molecule has 1 aromatic heterocycles. The van der Waals surface area contributed by atoms with E-state index in [2.05, 4.69) is 15.6 Å². The van der Waals surface area contributed by atoms with Gasteiger partial charge in [0.25, 0.3) is 5.91 Å². The highest BCUT2D eigenvalue weighted by Crippen LogP contribution is 2.41. The van der Waals surface area contributed by atoms with E-state index in [9.17, 15) is 24.0 Å². The smallest absolute Gasteiger partial charge is 0.408 e. The van der Waals surface area contributed by atoms with Crippen LogP contribution in [0.25, 0.3) is 0 Å². The molecule has 3 fully saturated rings. The summed E-state index contributed by atoms with van der Waals surface area (Å²) in [6.45, 7) is 6.82. The highest BCUT2D eigenvalue weighted by molar-refractivity contribution is 6.03. The van der Waals surface area contributed by atoms with E-state index in [-0.39, 0.29) is 24.8 Å². The van der Waals surface area contributed by atoms with Crippen LogP contribution in [-0.2, 0) is 23.9 Å². The molecule has 0 unspecified atom stereocenters. The highest BCUT2D eigenvalue weighted by atomic mass is 16.6. The summed E-state index contributed by atoms with van der Waals surface area (Å²) in [4.78, 5) is 73.7. The molecule has 4 N–H and O–H groups in total. The zero-order valence-corrected chi connectivity index (χ0v) is 25.5. The Labute approximate surface area is 251 Å². The summed E-state index contributed by atoms with van der Waals surface area (Å²) in [5.41, 5.74) is 4.69. The van der Waals surface area contributed by atoms with Crippen molar-refractivity contribution in [1.82, 2.24) is 20.1 Å². The number of anilines is 1. The van der Waals surface area contributed by atoms with Crippen LogP contribution in [0.3, 0.4) is 0 Å². The van der Waals surface area contributed by atoms with Gasteiger partial charge >= 0.3 is 6.09 Å². The predicted molar refractivity (Wildman–Crippen MR) is 155 cm³/mol. The monoisotopic (exact) mass is 598 g/mol. The van der Waals surface area contributed by atoms with Gasteiger partial charge in [0.05, 0.1) is 6.54 Å². The maximum atomic E-state index is 14.3. The van der Waals surface area contributed by atoms with Crippen LogP contribution in [0.1, 0.15) is 71.3 Å². The maximum absolute atomic E-state index is 14.3. The number of likely N-dealkylation sites (tertiary alicyclic amines) is 1. The van der Waals surface area contributed by atoms with Crippen LogP contribution in [0.4, 0.5) is 10.5 Å². The van der Waals surface area contributed by atoms with Crippen LogP contribution in [0.5, 0.6) is 5.88 Å². The average Bonchev–Trinajstić information content (AvgIpc) is 3.85. The third-order valence-corrected chi connectivity index (χ3v) is 8.49. The molecule has 13 heteroatoms. The van der Waals surface area contributed by atoms with E-state index in [0.29, 0.717) is 24.4 Å². The molecule has 1 spiro atoms. The molecule has 3 heterocycles. The van der Waals surface area contributed by atoms with Crippen molar-refractivity contribution in [2.75, 3.05) is 18.9 Å². The van der Waals surface area contributed by atoms with Crippen molar-refractivity contribution in [2.24, 2.45) is 17.6 Å². The van der Waals surface area contributed by atoms with Gasteiger partial charge in [0.15, 0.2) is 0 Å². The fraction of sp³-hybridized carbons (Fsp3) is 0.667. The van der Waals surface area contributed by atoms with Crippen LogP contribution < -0.4 is 21.1 Å². The van der Waals surface area contributed by atoms with Crippen LogP contribution in [-0.4, -0.2) is 87.4 Å². The number of amides is 5. The van der Waals surface area contributed by atoms with Crippen LogP contribution in [0, 0.1) is 18.8 Å². The van der Waals surface area contributed by atoms with Crippen LogP contribution >= 0.6 is 0 Å². The minimum atomic E-state index is -1.57. The molecule has 13 nitrogen and oxygen atoms in total. The number of alkyl carbamates (subject to hydrolysis) is 1. The molecule has 5 rings (SSSR count). The second-order valence-corrected chi connectivity index (χ2v) is 13.5. The van der Waals surface area contributed by atoms with Crippen LogP contribution in [0.2, 0.25) is 0 Å². The second kappa shape index (κ2) is 11.3. The van der Waals surface area contributed by atoms with Crippen molar-refractivity contribution in [2.45, 2.75) is 102 Å². The number of ether oxygens (including phenoxy) is 2. The molecule has 4 atom stereocenters. The molecule has 0 aromatic carbocycles. The van der Waals surface area contributed by atoms with Crippen molar-refractivity contribution < 1.29 is 33.4 Å². The van der Waals surface area contributed by atoms with Crippen molar-refractivity contribution >= 4 is 35.4 Å². The van der Waals surface area contributed by atoms with Gasteiger partial charge in [-0.3, -0.25) is 19.2 Å². The number of pyridine rings is 1. The standard InChI is InChI=1S/C30H42N6O7/c1-16-10-19-24(32-14-16)42-30(27(40)33-19)13-22(23(31)37)36(15-30)26(39)21(12-18-8-9-18)35(5)25(38)20(11-17-6-7-17)34-28(41)43-29(2,3)4/h10,14,17-18,20-22H,6-9,11-13,15H2,1-5H3,(H2,31,37)(H,33,40)(H,34,41)/t20-,21-,22-,30-/m0/s1. The molecule has 0 radical (unpaired) electrons. The van der Waals surface area contributed by atoms with E-state index >= 15 is 0 Å². The number of carbonyl (C=O) groups excluding carboxylic acids is 5. The lowest BCUT2D eigenvalue weighted by atomic mass is 9.97. The molecular formula is C30H42N6O7. The number of hydrogen-bond donors (Lipinski definition) is 3. The van der Waals surface area contributed by atoms with Gasteiger partial charge in [0.1, 0.15) is 29.4 Å². The fourth-order valence-corrected chi connectivity index (χ4v) is 5.83. The number of fused-ring (bicyclic) bond motifs is 1. The minimum Gasteiger partial charge on any atom is -0.457 e. The fourth-order valence-electron chi connectivity index (χ4n) is 5.83. The molecule has 1 saturated heterocycles. The third-order valence-electron chi connectivity index (χ3n) is 8.49. The Balaban J connectivity index is 1.38. The van der Waals surface area contributed by atoms with Crippen molar-refractivity contribution in [3.05, 3.63) is 17.8 Å². The summed E-state index contributed by atoms with van der Waals surface area (Å²) in [5.74, 6) is -1.45. The van der Waals surface area contributed by atoms with Crippen LogP contribution in [0.15, 0.2) is 12.3 Å². The second-order valence-electron chi connectivity index (χ2n) is 13.5. The molecule has 1 aromatic rings. The quantitative estimate of drug-likeness (QED) is 0.386. The number of aryl methyl sites for hydroxylation is 1. The minimum absolute atomic E-state index is 0.146. The first-order valence-corrected chi connectivity index (χ1v) is 15.0. The normalized spacial score (nSPS) is 24.3. The van der Waals surface area contributed by atoms with Gasteiger partial charge in [-0.1, -0.05) is 25.7 Å². The molecule has 5 amide bonds. The maximum Gasteiger partial charge on any atom is 0.408 e. The van der Waals surface area contributed by atoms with Gasteiger partial charge in [-0.05, 0) is 64.0 Å². The molecular weight excluding hydrogens is 556 g/mol. The van der Waals surface area contributed by atoms with Gasteiger partial charge in [-0.15, -0.1) is 0 Å². The number of nitrogens with zero attached hydrogens (tertiary/aromatic N) is 3. The van der Waals surface area contributed by atoms with Gasteiger partial charge in [0.2, 0.25) is 29.2 Å². The topological polar surface area (TPSA) is 173 Å². The summed E-state index contributed by atoms with van der Waals surface area (Å²) in [6, 6.07) is -1.21. The highest BCUT2D eigenvalue weighted by Gasteiger charge is 2.58. The summed E-state index contributed by atoms with van der Waals surface area (Å²) in [7, 11) is 1.54. The van der Waals surface area contributed by atoms with E-state index in [1.807, 2.05) is 6.92 Å². The summed E-state index contributed by atoms with van der Waals surface area (Å²) < 4.78 is 11.5. The zero-order chi connectivity index (χ0) is 31.3. The van der Waals surface area contributed by atoms with E-state index in [0.717, 1.165) is 31.2 Å². The Morgan fingerprint density at radius 1 is 1.21 bits per heavy atom. The zero-order valence-electron chi connectivity index (χ0n) is 25.5. The summed E-state index contributed by atoms with van der Waals surface area (Å²) in [5, 5.41) is 5.52. The van der Waals surface area contributed by atoms with Crippen molar-refractivity contribution in [3.8, 4) is 5.88 Å². The molecule has 2 aliphatic heterocycles. The Kier molecular flexibility index (Phi) is 8.03. The lowest BCUT2D eigenvalue weighted by molar-refractivity contribution is -0.148. The van der Waals surface area contributed by atoms with Gasteiger partial charge in [-0.25, -0.2) is 9.78 Å². The number of hydrogen-bond acceptors (Lipinski definition) is 8. The number of likely N-dealkylation sites (N-methyl/N-ethyl adjacent to an activating group) is 1. The summed E-state index contributed by atoms with van der Waals surface area (Å²) >= 11 is 0. The predicted octanol–water partition coefficient (Wildman–Crippen LogP) is 1.87. The van der Waals surface area contributed by atoms with Crippen molar-refractivity contribution in [3.63, 3.8) is 0 Å². The molecule has 4 aliphatic rings. The van der Waals surface area contributed by atoms with Gasteiger partial charge in [-0.2, -0.15) is 0 Å². The first-order chi connectivity index (χ1) is 20.2. The van der Waals surface area contributed by atoms with Crippen molar-refractivity contribution in [1.29, 1.82) is 0 Å². The Bertz CT molecular complexity index is 1320. The SMILES string of the molecule is Cc1cnc2c(c1)NC(=O)[C@@]1(C[C@@H](C(N)=O)N(C(=O)[C@H](CC3CC3)N(C)C(=O)[C@H](CC3CC3)NC(=O)OC(C)(C)C)C1)O2. The van der Waals surface area contributed by atoms with E-state index in [1.165, 1.54) is 9.80 Å². The Morgan fingerprint density at radius 2 is 1.86 bits per heavy atom. The molecule has 43 heavy (non-hydrogen) atoms. The average molecular weight is 599 g/mol. The molecule has 2 saturated carbocycles. The first kappa shape index (κ1) is 30.6. The number of rotatable bonds is 9. The van der Waals surface area contributed by atoms with E-state index in [1.54, 1.807) is 40.1 Å². The number of primary amides is 1. The lowest BCUT2D eigenvalue weighted by Gasteiger charge is -2.36. The molecule has 234 valence electrons. The number of nitrogens with two attached hydrogens (primary N) is 1. The Morgan fingerprint density at radius 3 is 2.47 bits per heavy atom. The molecule has 2 aliphatic carbocycles. The Hall–Kier alpha value is -3.90. The number of nitrogens with one attached hydrogen (secondary N) is 2. The number of carbonyl (C=O) groups is 5. The lowest BCUT2D eigenvalue weighted by Crippen LogP contribution is -2.58. The third kappa shape index (κ3) is 6.86.